The molecule has 0 saturated carbocycles. The van der Waals surface area contributed by atoms with E-state index in [0.717, 1.165) is 23.3 Å². The Balaban J connectivity index is 1.94. The molecule has 1 aliphatic rings. The molecule has 0 unspecified atom stereocenters. The van der Waals surface area contributed by atoms with Crippen LogP contribution in [0.1, 0.15) is 10.4 Å². The van der Waals surface area contributed by atoms with Gasteiger partial charge in [0.15, 0.2) is 0 Å². The van der Waals surface area contributed by atoms with Crippen LogP contribution in [0.5, 0.6) is 0 Å². The predicted octanol–water partition coefficient (Wildman–Crippen LogP) is 0.891. The second-order valence-electron chi connectivity index (χ2n) is 5.19. The number of aromatic nitrogens is 3. The van der Waals surface area contributed by atoms with Crippen molar-refractivity contribution < 1.29 is 4.79 Å². The number of carbonyl (C=O) groups is 1. The first-order valence-electron chi connectivity index (χ1n) is 7.24. The van der Waals surface area contributed by atoms with Crippen molar-refractivity contribution in [3.63, 3.8) is 0 Å². The Bertz CT molecular complexity index is 1050. The summed E-state index contributed by atoms with van der Waals surface area (Å²) in [5, 5.41) is 4.27. The summed E-state index contributed by atoms with van der Waals surface area (Å²) in [4.78, 5) is 35.0. The van der Waals surface area contributed by atoms with Gasteiger partial charge >= 0.3 is 0 Å². The number of anilines is 1. The maximum absolute atomic E-state index is 12.3. The van der Waals surface area contributed by atoms with Gasteiger partial charge in [-0.05, 0) is 24.3 Å². The van der Waals surface area contributed by atoms with Crippen LogP contribution >= 0.6 is 0 Å². The maximum Gasteiger partial charge on any atom is 0.285 e. The van der Waals surface area contributed by atoms with Gasteiger partial charge in [0, 0.05) is 24.7 Å². The standard InChI is InChI=1S/C16H13N5O2/c22-14-11(5-3-7-18-14)15(23)20-16-19-12-6-2-1-4-10(12)13-17-8-9-21(13)16/h1-7,17H,8-9H2,(H,18,22). The third kappa shape index (κ3) is 2.22. The smallest absolute Gasteiger partial charge is 0.285 e. The first-order valence-corrected chi connectivity index (χ1v) is 7.24. The zero-order valence-corrected chi connectivity index (χ0v) is 12.1. The quantitative estimate of drug-likeness (QED) is 0.698. The van der Waals surface area contributed by atoms with Crippen LogP contribution in [0, 0.1) is 0 Å². The Morgan fingerprint density at radius 1 is 1.22 bits per heavy atom. The molecule has 114 valence electrons. The van der Waals surface area contributed by atoms with E-state index in [4.69, 9.17) is 0 Å². The zero-order valence-electron chi connectivity index (χ0n) is 12.1. The van der Waals surface area contributed by atoms with Gasteiger partial charge in [0.25, 0.3) is 11.5 Å². The van der Waals surface area contributed by atoms with Crippen LogP contribution in [-0.2, 0) is 6.54 Å². The van der Waals surface area contributed by atoms with Crippen molar-refractivity contribution in [2.75, 3.05) is 11.9 Å². The van der Waals surface area contributed by atoms with E-state index in [-0.39, 0.29) is 5.56 Å². The van der Waals surface area contributed by atoms with E-state index in [1.165, 1.54) is 12.3 Å². The van der Waals surface area contributed by atoms with Crippen LogP contribution in [0.3, 0.4) is 0 Å². The number of fused-ring (bicyclic) bond motifs is 3. The Hall–Kier alpha value is -3.22. The first kappa shape index (κ1) is 13.4. The molecule has 3 heterocycles. The average molecular weight is 307 g/mol. The molecule has 2 N–H and O–H groups in total. The second-order valence-corrected chi connectivity index (χ2v) is 5.19. The molecule has 4 rings (SSSR count). The van der Waals surface area contributed by atoms with Crippen LogP contribution in [0.25, 0.3) is 10.9 Å². The largest absolute Gasteiger partial charge is 0.369 e. The molecule has 23 heavy (non-hydrogen) atoms. The van der Waals surface area contributed by atoms with Crippen molar-refractivity contribution >= 4 is 22.6 Å². The monoisotopic (exact) mass is 307 g/mol. The van der Waals surface area contributed by atoms with E-state index >= 15 is 0 Å². The summed E-state index contributed by atoms with van der Waals surface area (Å²) >= 11 is 0. The summed E-state index contributed by atoms with van der Waals surface area (Å²) in [6, 6.07) is 10.7. The predicted molar refractivity (Wildman–Crippen MR) is 85.2 cm³/mol. The molecule has 3 aromatic rings. The molecule has 1 aliphatic heterocycles. The third-order valence-electron chi connectivity index (χ3n) is 3.77. The van der Waals surface area contributed by atoms with Gasteiger partial charge < -0.3 is 10.3 Å². The molecule has 0 fully saturated rings. The van der Waals surface area contributed by atoms with Crippen LogP contribution in [0.4, 0.5) is 5.82 Å². The summed E-state index contributed by atoms with van der Waals surface area (Å²) in [6.07, 6.45) is 1.48. The molecular weight excluding hydrogens is 294 g/mol. The number of hydrogen-bond donors (Lipinski definition) is 2. The second kappa shape index (κ2) is 5.20. The third-order valence-corrected chi connectivity index (χ3v) is 3.77. The van der Waals surface area contributed by atoms with Crippen molar-refractivity contribution in [3.8, 4) is 0 Å². The number of rotatable bonds is 1. The average Bonchev–Trinajstić information content (AvgIpc) is 3.05. The minimum Gasteiger partial charge on any atom is -0.369 e. The highest BCUT2D eigenvalue weighted by atomic mass is 16.2. The SMILES string of the molecule is O=C(N=c1nc2ccccc2c2n1CCN2)c1ccc[nH]c1=O. The lowest BCUT2D eigenvalue weighted by Crippen LogP contribution is -2.26. The van der Waals surface area contributed by atoms with Crippen LogP contribution < -0.4 is 16.5 Å². The van der Waals surface area contributed by atoms with Crippen molar-refractivity contribution in [1.82, 2.24) is 14.5 Å². The van der Waals surface area contributed by atoms with Crippen molar-refractivity contribution in [1.29, 1.82) is 0 Å². The van der Waals surface area contributed by atoms with E-state index in [1.54, 1.807) is 6.07 Å². The number of nitrogens with one attached hydrogen (secondary N) is 2. The molecular formula is C16H13N5O2. The van der Waals surface area contributed by atoms with Crippen LogP contribution in [0.2, 0.25) is 0 Å². The number of carbonyl (C=O) groups excluding carboxylic acids is 1. The van der Waals surface area contributed by atoms with Crippen LogP contribution in [-0.4, -0.2) is 27.0 Å². The van der Waals surface area contributed by atoms with E-state index in [9.17, 15) is 9.59 Å². The number of amides is 1. The summed E-state index contributed by atoms with van der Waals surface area (Å²) in [5.41, 5.74) is 0.600. The molecule has 0 saturated heterocycles. The van der Waals surface area contributed by atoms with Gasteiger partial charge in [-0.25, -0.2) is 4.98 Å². The van der Waals surface area contributed by atoms with E-state index in [1.807, 2.05) is 28.8 Å². The summed E-state index contributed by atoms with van der Waals surface area (Å²) < 4.78 is 1.86. The van der Waals surface area contributed by atoms with Crippen LogP contribution in [0.15, 0.2) is 52.4 Å². The number of pyridine rings is 1. The molecule has 0 spiro atoms. The van der Waals surface area contributed by atoms with Gasteiger partial charge in [0.2, 0.25) is 5.62 Å². The Kier molecular flexibility index (Phi) is 3.04. The summed E-state index contributed by atoms with van der Waals surface area (Å²) in [6.45, 7) is 1.42. The van der Waals surface area contributed by atoms with E-state index in [2.05, 4.69) is 20.3 Å². The minimum absolute atomic E-state index is 0.00256. The molecule has 2 aromatic heterocycles. The number of para-hydroxylation sites is 1. The fourth-order valence-corrected chi connectivity index (χ4v) is 2.70. The van der Waals surface area contributed by atoms with Gasteiger partial charge in [-0.3, -0.25) is 14.2 Å². The minimum atomic E-state index is -0.601. The number of benzene rings is 1. The summed E-state index contributed by atoms with van der Waals surface area (Å²) in [7, 11) is 0. The number of hydrogen-bond acceptors (Lipinski definition) is 4. The lowest BCUT2D eigenvalue weighted by molar-refractivity contribution is 0.0995. The van der Waals surface area contributed by atoms with E-state index < -0.39 is 11.5 Å². The zero-order chi connectivity index (χ0) is 15.8. The lowest BCUT2D eigenvalue weighted by Gasteiger charge is -2.07. The van der Waals surface area contributed by atoms with E-state index in [0.29, 0.717) is 12.2 Å². The number of nitrogens with zero attached hydrogens (tertiary/aromatic N) is 3. The Morgan fingerprint density at radius 2 is 2.09 bits per heavy atom. The molecule has 0 radical (unpaired) electrons. The molecule has 7 heteroatoms. The fraction of sp³-hybridized carbons (Fsp3) is 0.125. The highest BCUT2D eigenvalue weighted by molar-refractivity contribution is 5.94. The Labute approximate surface area is 130 Å². The van der Waals surface area contributed by atoms with Gasteiger partial charge in [-0.1, -0.05) is 12.1 Å². The first-order chi connectivity index (χ1) is 11.2. The number of aromatic amines is 1. The van der Waals surface area contributed by atoms with Gasteiger partial charge in [0.1, 0.15) is 11.4 Å². The van der Waals surface area contributed by atoms with Crippen molar-refractivity contribution in [3.05, 3.63) is 64.1 Å². The van der Waals surface area contributed by atoms with Gasteiger partial charge in [0.05, 0.1) is 5.52 Å². The highest BCUT2D eigenvalue weighted by Gasteiger charge is 2.16. The molecule has 7 nitrogen and oxygen atoms in total. The van der Waals surface area contributed by atoms with Gasteiger partial charge in [-0.2, -0.15) is 4.99 Å². The summed E-state index contributed by atoms with van der Waals surface area (Å²) in [5.74, 6) is 0.292. The molecule has 1 aromatic carbocycles. The number of H-pyrrole nitrogens is 1. The highest BCUT2D eigenvalue weighted by Crippen LogP contribution is 2.22. The molecule has 0 aliphatic carbocycles. The van der Waals surface area contributed by atoms with Crippen molar-refractivity contribution in [2.45, 2.75) is 6.54 Å². The molecule has 1 amide bonds. The normalized spacial score (nSPS) is 13.8. The fourth-order valence-electron chi connectivity index (χ4n) is 2.70. The molecule has 0 atom stereocenters. The lowest BCUT2D eigenvalue weighted by atomic mass is 10.2. The van der Waals surface area contributed by atoms with Crippen molar-refractivity contribution in [2.24, 2.45) is 4.99 Å². The van der Waals surface area contributed by atoms with Gasteiger partial charge in [-0.15, -0.1) is 0 Å². The topological polar surface area (TPSA) is 92.1 Å². The maximum atomic E-state index is 12.3. The molecule has 0 bridgehead atoms. The Morgan fingerprint density at radius 3 is 2.96 bits per heavy atom.